The minimum Gasteiger partial charge on any atom is -0.312 e. The second-order valence-electron chi connectivity index (χ2n) is 6.36. The Morgan fingerprint density at radius 1 is 0.800 bits per heavy atom. The van der Waals surface area contributed by atoms with Gasteiger partial charge in [-0.25, -0.2) is 0 Å². The van der Waals surface area contributed by atoms with Crippen molar-refractivity contribution in [1.82, 2.24) is 5.32 Å². The predicted molar refractivity (Wildman–Crippen MR) is 91.3 cm³/mol. The van der Waals surface area contributed by atoms with Crippen molar-refractivity contribution in [3.05, 3.63) is 65.7 Å². The molecule has 2 aromatic carbocycles. The van der Waals surface area contributed by atoms with E-state index < -0.39 is 8.07 Å². The summed E-state index contributed by atoms with van der Waals surface area (Å²) in [4.78, 5) is 0. The second kappa shape index (κ2) is 6.87. The van der Waals surface area contributed by atoms with E-state index in [1.54, 1.807) is 0 Å². The molecule has 0 atom stereocenters. The topological polar surface area (TPSA) is 12.0 Å². The summed E-state index contributed by atoms with van der Waals surface area (Å²) in [5.74, 6) is 0. The fraction of sp³-hybridized carbons (Fsp3) is 0.333. The highest BCUT2D eigenvalue weighted by Crippen LogP contribution is 2.05. The van der Waals surface area contributed by atoms with Gasteiger partial charge in [0.05, 0.1) is 8.07 Å². The Bertz CT molecular complexity index is 511. The third-order valence-electron chi connectivity index (χ3n) is 3.58. The zero-order valence-corrected chi connectivity index (χ0v) is 13.8. The molecule has 2 heteroatoms. The normalized spacial score (nSPS) is 11.6. The van der Waals surface area contributed by atoms with Gasteiger partial charge in [0.1, 0.15) is 0 Å². The van der Waals surface area contributed by atoms with Gasteiger partial charge in [-0.05, 0) is 24.1 Å². The van der Waals surface area contributed by atoms with Gasteiger partial charge in [0.15, 0.2) is 0 Å². The van der Waals surface area contributed by atoms with E-state index in [2.05, 4.69) is 79.6 Å². The summed E-state index contributed by atoms with van der Waals surface area (Å²) < 4.78 is 0. The molecule has 106 valence electrons. The molecular formula is C18H25NSi. The molecule has 1 N–H and O–H groups in total. The van der Waals surface area contributed by atoms with Crippen LogP contribution in [0.2, 0.25) is 19.6 Å². The van der Waals surface area contributed by atoms with Crippen molar-refractivity contribution >= 4 is 13.3 Å². The first-order chi connectivity index (χ1) is 9.55. The lowest BCUT2D eigenvalue weighted by Crippen LogP contribution is -2.37. The van der Waals surface area contributed by atoms with Gasteiger partial charge in [-0.2, -0.15) is 0 Å². The maximum Gasteiger partial charge on any atom is 0.0775 e. The minimum atomic E-state index is -1.16. The quantitative estimate of drug-likeness (QED) is 0.631. The van der Waals surface area contributed by atoms with E-state index in [1.807, 2.05) is 0 Å². The van der Waals surface area contributed by atoms with Crippen molar-refractivity contribution in [3.63, 3.8) is 0 Å². The minimum absolute atomic E-state index is 0.957. The summed E-state index contributed by atoms with van der Waals surface area (Å²) in [6, 6.07) is 19.8. The molecule has 1 nitrogen and oxygen atoms in total. The van der Waals surface area contributed by atoms with Gasteiger partial charge in [0, 0.05) is 6.54 Å². The molecule has 0 heterocycles. The van der Waals surface area contributed by atoms with E-state index in [9.17, 15) is 0 Å². The van der Waals surface area contributed by atoms with Crippen LogP contribution >= 0.6 is 0 Å². The number of nitrogens with one attached hydrogen (secondary N) is 1. The third-order valence-corrected chi connectivity index (χ3v) is 5.65. The number of hydrogen-bond donors (Lipinski definition) is 1. The zero-order chi connectivity index (χ0) is 14.4. The second-order valence-corrected chi connectivity index (χ2v) is 11.4. The number of rotatable bonds is 6. The fourth-order valence-corrected chi connectivity index (χ4v) is 3.40. The summed E-state index contributed by atoms with van der Waals surface area (Å²) in [6.07, 6.45) is 1.09. The lowest BCUT2D eigenvalue weighted by atomic mass is 10.1. The number of hydrogen-bond acceptors (Lipinski definition) is 1. The van der Waals surface area contributed by atoms with E-state index in [-0.39, 0.29) is 0 Å². The maximum absolute atomic E-state index is 3.52. The van der Waals surface area contributed by atoms with Crippen LogP contribution in [0.4, 0.5) is 0 Å². The molecular weight excluding hydrogens is 258 g/mol. The van der Waals surface area contributed by atoms with Crippen LogP contribution in [0, 0.1) is 0 Å². The van der Waals surface area contributed by atoms with Crippen molar-refractivity contribution < 1.29 is 0 Å². The Balaban J connectivity index is 1.77. The van der Waals surface area contributed by atoms with Crippen LogP contribution in [-0.4, -0.2) is 14.6 Å². The molecule has 2 rings (SSSR count). The fourth-order valence-electron chi connectivity index (χ4n) is 2.23. The molecule has 0 aliphatic rings. The average molecular weight is 283 g/mol. The molecule has 20 heavy (non-hydrogen) atoms. The van der Waals surface area contributed by atoms with Crippen LogP contribution in [0.15, 0.2) is 54.6 Å². The van der Waals surface area contributed by atoms with Crippen LogP contribution in [0.3, 0.4) is 0 Å². The van der Waals surface area contributed by atoms with Crippen LogP contribution in [0.1, 0.15) is 11.1 Å². The lowest BCUT2D eigenvalue weighted by molar-refractivity contribution is 0.687. The van der Waals surface area contributed by atoms with E-state index in [1.165, 1.54) is 16.3 Å². The molecule has 0 radical (unpaired) electrons. The van der Waals surface area contributed by atoms with Crippen molar-refractivity contribution in [1.29, 1.82) is 0 Å². The van der Waals surface area contributed by atoms with Gasteiger partial charge in [0.2, 0.25) is 0 Å². The Morgan fingerprint density at radius 3 is 2.05 bits per heavy atom. The molecule has 0 aliphatic carbocycles. The molecule has 0 amide bonds. The molecule has 0 aliphatic heterocycles. The van der Waals surface area contributed by atoms with E-state index in [0.29, 0.717) is 0 Å². The molecule has 0 fully saturated rings. The van der Waals surface area contributed by atoms with Gasteiger partial charge >= 0.3 is 0 Å². The van der Waals surface area contributed by atoms with Crippen LogP contribution in [0.25, 0.3) is 0 Å². The van der Waals surface area contributed by atoms with Crippen molar-refractivity contribution in [2.75, 3.05) is 6.54 Å². The molecule has 0 spiro atoms. The Labute approximate surface area is 124 Å². The summed E-state index contributed by atoms with van der Waals surface area (Å²) in [5, 5.41) is 5.05. The standard InChI is InChI=1S/C18H25NSi/c1-20(2,3)18-11-9-17(10-12-18)15-19-14-13-16-7-5-4-6-8-16/h4-12,19H,13-15H2,1-3H3. The maximum atomic E-state index is 3.52. The highest BCUT2D eigenvalue weighted by atomic mass is 28.3. The zero-order valence-electron chi connectivity index (χ0n) is 12.8. The predicted octanol–water partition coefficient (Wildman–Crippen LogP) is 3.56. The van der Waals surface area contributed by atoms with Gasteiger partial charge < -0.3 is 5.32 Å². The summed E-state index contributed by atoms with van der Waals surface area (Å²) in [5.41, 5.74) is 2.77. The van der Waals surface area contributed by atoms with Crippen LogP contribution in [0.5, 0.6) is 0 Å². The third kappa shape index (κ3) is 4.62. The monoisotopic (exact) mass is 283 g/mol. The van der Waals surface area contributed by atoms with Crippen molar-refractivity contribution in [2.45, 2.75) is 32.6 Å². The van der Waals surface area contributed by atoms with E-state index >= 15 is 0 Å². The van der Waals surface area contributed by atoms with Gasteiger partial charge in [0.25, 0.3) is 0 Å². The molecule has 0 bridgehead atoms. The molecule has 0 saturated heterocycles. The van der Waals surface area contributed by atoms with Gasteiger partial charge in [-0.15, -0.1) is 0 Å². The summed E-state index contributed by atoms with van der Waals surface area (Å²) >= 11 is 0. The summed E-state index contributed by atoms with van der Waals surface area (Å²) in [7, 11) is -1.16. The van der Waals surface area contributed by atoms with Crippen molar-refractivity contribution in [3.8, 4) is 0 Å². The largest absolute Gasteiger partial charge is 0.312 e. The van der Waals surface area contributed by atoms with Gasteiger partial charge in [-0.3, -0.25) is 0 Å². The molecule has 0 saturated carbocycles. The van der Waals surface area contributed by atoms with Crippen LogP contribution < -0.4 is 10.5 Å². The molecule has 0 unspecified atom stereocenters. The van der Waals surface area contributed by atoms with Gasteiger partial charge in [-0.1, -0.05) is 79.4 Å². The van der Waals surface area contributed by atoms with Crippen molar-refractivity contribution in [2.24, 2.45) is 0 Å². The van der Waals surface area contributed by atoms with E-state index in [0.717, 1.165) is 19.5 Å². The first-order valence-corrected chi connectivity index (χ1v) is 10.9. The first-order valence-electron chi connectivity index (χ1n) is 7.40. The van der Waals surface area contributed by atoms with E-state index in [4.69, 9.17) is 0 Å². The lowest BCUT2D eigenvalue weighted by Gasteiger charge is -2.16. The Hall–Kier alpha value is -1.38. The Morgan fingerprint density at radius 2 is 1.45 bits per heavy atom. The highest BCUT2D eigenvalue weighted by Gasteiger charge is 2.15. The summed E-state index contributed by atoms with van der Waals surface area (Å²) in [6.45, 7) is 9.15. The average Bonchev–Trinajstić information content (AvgIpc) is 2.44. The smallest absolute Gasteiger partial charge is 0.0775 e. The first kappa shape index (κ1) is 15.0. The molecule has 2 aromatic rings. The Kier molecular flexibility index (Phi) is 5.15. The SMILES string of the molecule is C[Si](C)(C)c1ccc(CNCCc2ccccc2)cc1. The van der Waals surface area contributed by atoms with Crippen LogP contribution in [-0.2, 0) is 13.0 Å². The number of benzene rings is 2. The molecule has 0 aromatic heterocycles. The highest BCUT2D eigenvalue weighted by molar-refractivity contribution is 6.88.